The van der Waals surface area contributed by atoms with Crippen LogP contribution in [0.4, 0.5) is 5.69 Å². The van der Waals surface area contributed by atoms with Gasteiger partial charge < -0.3 is 24.8 Å². The summed E-state index contributed by atoms with van der Waals surface area (Å²) >= 11 is 0. The van der Waals surface area contributed by atoms with E-state index in [-0.39, 0.29) is 17.9 Å². The van der Waals surface area contributed by atoms with Crippen LogP contribution in [0, 0.1) is 0 Å². The van der Waals surface area contributed by atoms with Gasteiger partial charge >= 0.3 is 0 Å². The summed E-state index contributed by atoms with van der Waals surface area (Å²) in [7, 11) is 3.04. The van der Waals surface area contributed by atoms with E-state index in [0.717, 1.165) is 19.4 Å². The van der Waals surface area contributed by atoms with Gasteiger partial charge in [0.1, 0.15) is 11.5 Å². The number of hydrogen-bond acceptors (Lipinski definition) is 5. The zero-order valence-corrected chi connectivity index (χ0v) is 16.0. The maximum atomic E-state index is 12.7. The number of benzene rings is 2. The van der Waals surface area contributed by atoms with Crippen LogP contribution in [0.5, 0.6) is 11.5 Å². The van der Waals surface area contributed by atoms with Crippen LogP contribution < -0.4 is 20.1 Å². The summed E-state index contributed by atoms with van der Waals surface area (Å²) in [4.78, 5) is 25.3. The van der Waals surface area contributed by atoms with Gasteiger partial charge in [0.2, 0.25) is 0 Å². The van der Waals surface area contributed by atoms with Gasteiger partial charge in [0.25, 0.3) is 11.8 Å². The lowest BCUT2D eigenvalue weighted by Gasteiger charge is -2.14. The fourth-order valence-electron chi connectivity index (χ4n) is 3.03. The second-order valence-corrected chi connectivity index (χ2v) is 6.45. The molecule has 2 aromatic carbocycles. The van der Waals surface area contributed by atoms with Gasteiger partial charge in [-0.05, 0) is 37.1 Å². The average Bonchev–Trinajstić information content (AvgIpc) is 3.25. The number of anilines is 1. The van der Waals surface area contributed by atoms with Gasteiger partial charge in [-0.15, -0.1) is 0 Å². The molecule has 0 unspecified atom stereocenters. The van der Waals surface area contributed by atoms with E-state index < -0.39 is 0 Å². The molecule has 0 aliphatic carbocycles. The predicted octanol–water partition coefficient (Wildman–Crippen LogP) is 2.86. The molecule has 1 saturated heterocycles. The molecule has 7 heteroatoms. The zero-order chi connectivity index (χ0) is 19.9. The molecule has 2 aromatic rings. The number of carbonyl (C=O) groups is 2. The standard InChI is InChI=1S/C21H24N2O5/c1-26-16-10-14(11-17(12-16)27-2)20(24)23-19-8-4-3-7-18(19)21(25)22-13-15-6-5-9-28-15/h3-4,7-8,10-12,15H,5-6,9,13H2,1-2H3,(H,22,25)(H,23,24)/t15-/m1/s1. The molecular weight excluding hydrogens is 360 g/mol. The first-order chi connectivity index (χ1) is 13.6. The highest BCUT2D eigenvalue weighted by Gasteiger charge is 2.19. The first kappa shape index (κ1) is 19.7. The zero-order valence-electron chi connectivity index (χ0n) is 16.0. The second kappa shape index (κ2) is 9.23. The van der Waals surface area contributed by atoms with Crippen molar-refractivity contribution in [2.24, 2.45) is 0 Å². The molecule has 0 radical (unpaired) electrons. The Labute approximate surface area is 164 Å². The number of carbonyl (C=O) groups excluding carboxylic acids is 2. The Bertz CT molecular complexity index is 824. The van der Waals surface area contributed by atoms with Crippen molar-refractivity contribution in [3.8, 4) is 11.5 Å². The van der Waals surface area contributed by atoms with Gasteiger partial charge in [0, 0.05) is 24.8 Å². The van der Waals surface area contributed by atoms with Crippen molar-refractivity contribution in [2.75, 3.05) is 32.7 Å². The van der Waals surface area contributed by atoms with Crippen LogP contribution in [-0.4, -0.2) is 45.3 Å². The Kier molecular flexibility index (Phi) is 6.49. The quantitative estimate of drug-likeness (QED) is 0.767. The Morgan fingerprint density at radius 2 is 1.79 bits per heavy atom. The molecule has 28 heavy (non-hydrogen) atoms. The lowest BCUT2D eigenvalue weighted by molar-refractivity contribution is 0.0858. The summed E-state index contributed by atoms with van der Waals surface area (Å²) in [5.74, 6) is 0.394. The minimum absolute atomic E-state index is 0.0509. The monoisotopic (exact) mass is 384 g/mol. The normalized spacial score (nSPS) is 15.7. The molecule has 7 nitrogen and oxygen atoms in total. The molecule has 0 spiro atoms. The second-order valence-electron chi connectivity index (χ2n) is 6.45. The van der Waals surface area contributed by atoms with Crippen LogP contribution in [0.15, 0.2) is 42.5 Å². The first-order valence-electron chi connectivity index (χ1n) is 9.14. The molecule has 1 atom stereocenters. The van der Waals surface area contributed by atoms with E-state index in [9.17, 15) is 9.59 Å². The highest BCUT2D eigenvalue weighted by atomic mass is 16.5. The third-order valence-electron chi connectivity index (χ3n) is 4.55. The molecule has 1 aliphatic rings. The van der Waals surface area contributed by atoms with Crippen molar-refractivity contribution in [3.63, 3.8) is 0 Å². The van der Waals surface area contributed by atoms with E-state index >= 15 is 0 Å². The van der Waals surface area contributed by atoms with Crippen molar-refractivity contribution < 1.29 is 23.8 Å². The third-order valence-corrected chi connectivity index (χ3v) is 4.55. The smallest absolute Gasteiger partial charge is 0.255 e. The molecule has 0 aromatic heterocycles. The van der Waals surface area contributed by atoms with Crippen LogP contribution in [0.25, 0.3) is 0 Å². The van der Waals surface area contributed by atoms with Gasteiger partial charge in [-0.3, -0.25) is 9.59 Å². The van der Waals surface area contributed by atoms with Crippen LogP contribution in [0.1, 0.15) is 33.6 Å². The lowest BCUT2D eigenvalue weighted by Crippen LogP contribution is -2.32. The van der Waals surface area contributed by atoms with Crippen LogP contribution >= 0.6 is 0 Å². The molecule has 0 saturated carbocycles. The van der Waals surface area contributed by atoms with Gasteiger partial charge in [-0.2, -0.15) is 0 Å². The highest BCUT2D eigenvalue weighted by Crippen LogP contribution is 2.24. The van der Waals surface area contributed by atoms with Crippen LogP contribution in [0.3, 0.4) is 0 Å². The van der Waals surface area contributed by atoms with Gasteiger partial charge in [-0.25, -0.2) is 0 Å². The summed E-state index contributed by atoms with van der Waals surface area (Å²) in [5, 5.41) is 5.67. The first-order valence-corrected chi connectivity index (χ1v) is 9.14. The van der Waals surface area contributed by atoms with Crippen molar-refractivity contribution in [1.82, 2.24) is 5.32 Å². The number of para-hydroxylation sites is 1. The van der Waals surface area contributed by atoms with Gasteiger partial charge in [0.15, 0.2) is 0 Å². The fraction of sp³-hybridized carbons (Fsp3) is 0.333. The SMILES string of the molecule is COc1cc(OC)cc(C(=O)Nc2ccccc2C(=O)NC[C@H]2CCCO2)c1. The summed E-state index contributed by atoms with van der Waals surface area (Å²) < 4.78 is 15.9. The molecular formula is C21H24N2O5. The average molecular weight is 384 g/mol. The number of amides is 2. The van der Waals surface area contributed by atoms with Crippen molar-refractivity contribution in [3.05, 3.63) is 53.6 Å². The maximum absolute atomic E-state index is 12.7. The van der Waals surface area contributed by atoms with Crippen LogP contribution in [-0.2, 0) is 4.74 Å². The summed E-state index contributed by atoms with van der Waals surface area (Å²) in [5.41, 5.74) is 1.19. The molecule has 0 bridgehead atoms. The maximum Gasteiger partial charge on any atom is 0.255 e. The van der Waals surface area contributed by atoms with E-state index in [1.165, 1.54) is 14.2 Å². The minimum atomic E-state index is -0.364. The molecule has 3 rings (SSSR count). The van der Waals surface area contributed by atoms with Crippen molar-refractivity contribution in [1.29, 1.82) is 0 Å². The number of rotatable bonds is 7. The largest absolute Gasteiger partial charge is 0.497 e. The van der Waals surface area contributed by atoms with E-state index in [1.54, 1.807) is 42.5 Å². The van der Waals surface area contributed by atoms with Gasteiger partial charge in [-0.1, -0.05) is 12.1 Å². The van der Waals surface area contributed by atoms with E-state index in [0.29, 0.717) is 34.9 Å². The number of methoxy groups -OCH3 is 2. The Morgan fingerprint density at radius 1 is 1.07 bits per heavy atom. The summed E-state index contributed by atoms with van der Waals surface area (Å²) in [6, 6.07) is 11.8. The third kappa shape index (κ3) is 4.80. The van der Waals surface area contributed by atoms with E-state index in [1.807, 2.05) is 0 Å². The molecule has 1 aliphatic heterocycles. The molecule has 148 valence electrons. The van der Waals surface area contributed by atoms with Crippen molar-refractivity contribution in [2.45, 2.75) is 18.9 Å². The number of ether oxygens (including phenoxy) is 3. The molecule has 2 N–H and O–H groups in total. The molecule has 1 heterocycles. The topological polar surface area (TPSA) is 85.9 Å². The lowest BCUT2D eigenvalue weighted by atomic mass is 10.1. The predicted molar refractivity (Wildman–Crippen MR) is 105 cm³/mol. The number of nitrogens with one attached hydrogen (secondary N) is 2. The Balaban J connectivity index is 1.73. The van der Waals surface area contributed by atoms with Gasteiger partial charge in [0.05, 0.1) is 31.6 Å². The molecule has 2 amide bonds. The Morgan fingerprint density at radius 3 is 2.43 bits per heavy atom. The summed E-state index contributed by atoms with van der Waals surface area (Å²) in [6.07, 6.45) is 2.00. The summed E-state index contributed by atoms with van der Waals surface area (Å²) in [6.45, 7) is 1.19. The van der Waals surface area contributed by atoms with Crippen LogP contribution in [0.2, 0.25) is 0 Å². The fourth-order valence-corrected chi connectivity index (χ4v) is 3.03. The van der Waals surface area contributed by atoms with E-state index in [2.05, 4.69) is 10.6 Å². The Hall–Kier alpha value is -3.06. The van der Waals surface area contributed by atoms with E-state index in [4.69, 9.17) is 14.2 Å². The molecule has 1 fully saturated rings. The minimum Gasteiger partial charge on any atom is -0.497 e. The highest BCUT2D eigenvalue weighted by molar-refractivity contribution is 6.09. The van der Waals surface area contributed by atoms with Crippen molar-refractivity contribution >= 4 is 17.5 Å². The number of hydrogen-bond donors (Lipinski definition) is 2.